The summed E-state index contributed by atoms with van der Waals surface area (Å²) in [6.07, 6.45) is 1.32. The Hall–Kier alpha value is -0.380. The van der Waals surface area contributed by atoms with Crippen LogP contribution in [0.15, 0.2) is 28.7 Å². The number of halogens is 1. The fourth-order valence-corrected chi connectivity index (χ4v) is 2.20. The number of nitrogens with zero attached hydrogens (tertiary/aromatic N) is 1. The lowest BCUT2D eigenvalue weighted by molar-refractivity contribution is 0.252. The van der Waals surface area contributed by atoms with Crippen molar-refractivity contribution < 1.29 is 0 Å². The molecule has 0 aliphatic carbocycles. The molecule has 0 radical (unpaired) electrons. The molecule has 0 unspecified atom stereocenters. The van der Waals surface area contributed by atoms with Crippen LogP contribution >= 0.6 is 15.9 Å². The predicted molar refractivity (Wildman–Crippen MR) is 71.5 cm³/mol. The fraction of sp³-hybridized carbons (Fsp3) is 0.538. The van der Waals surface area contributed by atoms with Gasteiger partial charge in [-0.3, -0.25) is 0 Å². The van der Waals surface area contributed by atoms with Crippen LogP contribution in [0.4, 0.5) is 0 Å². The van der Waals surface area contributed by atoms with Crippen molar-refractivity contribution in [3.05, 3.63) is 34.3 Å². The molecule has 1 fully saturated rings. The van der Waals surface area contributed by atoms with E-state index in [2.05, 4.69) is 57.5 Å². The summed E-state index contributed by atoms with van der Waals surface area (Å²) in [6, 6.07) is 8.59. The second-order valence-electron chi connectivity index (χ2n) is 4.68. The summed E-state index contributed by atoms with van der Waals surface area (Å²) in [6.45, 7) is 4.67. The van der Waals surface area contributed by atoms with Crippen LogP contribution in [0.1, 0.15) is 12.0 Å². The van der Waals surface area contributed by atoms with E-state index in [-0.39, 0.29) is 0 Å². The van der Waals surface area contributed by atoms with Gasteiger partial charge in [-0.1, -0.05) is 28.1 Å². The van der Waals surface area contributed by atoms with Gasteiger partial charge in [0.05, 0.1) is 0 Å². The van der Waals surface area contributed by atoms with Gasteiger partial charge in [-0.2, -0.15) is 0 Å². The predicted octanol–water partition coefficient (Wildman–Crippen LogP) is 2.49. The minimum atomic E-state index is 0.910. The first kappa shape index (κ1) is 12.1. The zero-order valence-electron chi connectivity index (χ0n) is 9.75. The van der Waals surface area contributed by atoms with Crippen molar-refractivity contribution >= 4 is 15.9 Å². The number of benzene rings is 1. The lowest BCUT2D eigenvalue weighted by atomic mass is 9.99. The highest BCUT2D eigenvalue weighted by Crippen LogP contribution is 2.13. The smallest absolute Gasteiger partial charge is 0.0230 e. The molecule has 2 rings (SSSR count). The van der Waals surface area contributed by atoms with Gasteiger partial charge in [0.1, 0.15) is 0 Å². The summed E-state index contributed by atoms with van der Waals surface area (Å²) in [5.74, 6) is 0.910. The molecule has 1 aromatic rings. The molecular weight excluding hydrogens is 264 g/mol. The molecule has 88 valence electrons. The third kappa shape index (κ3) is 3.58. The van der Waals surface area contributed by atoms with Crippen LogP contribution in [-0.2, 0) is 6.54 Å². The first-order chi connectivity index (χ1) is 7.74. The summed E-state index contributed by atoms with van der Waals surface area (Å²) in [5, 5.41) is 3.32. The molecule has 16 heavy (non-hydrogen) atoms. The normalized spacial score (nSPS) is 16.4. The van der Waals surface area contributed by atoms with E-state index in [1.807, 2.05) is 0 Å². The molecule has 1 aliphatic heterocycles. The average molecular weight is 283 g/mol. The summed E-state index contributed by atoms with van der Waals surface area (Å²) in [5.41, 5.74) is 1.39. The van der Waals surface area contributed by atoms with Crippen molar-refractivity contribution in [1.29, 1.82) is 0 Å². The van der Waals surface area contributed by atoms with Crippen molar-refractivity contribution in [2.75, 3.05) is 26.7 Å². The quantitative estimate of drug-likeness (QED) is 0.893. The highest BCUT2D eigenvalue weighted by atomic mass is 79.9. The Morgan fingerprint density at radius 2 is 2.00 bits per heavy atom. The molecule has 3 heteroatoms. The standard InChI is InChI=1S/C13H19BrN2/c1-16(7-6-12-8-15-9-12)10-11-2-4-13(14)5-3-11/h2-5,12,15H,6-10H2,1H3. The van der Waals surface area contributed by atoms with Crippen LogP contribution in [0, 0.1) is 5.92 Å². The minimum absolute atomic E-state index is 0.910. The van der Waals surface area contributed by atoms with Crippen LogP contribution in [-0.4, -0.2) is 31.6 Å². The lowest BCUT2D eigenvalue weighted by Crippen LogP contribution is -2.43. The number of hydrogen-bond acceptors (Lipinski definition) is 2. The van der Waals surface area contributed by atoms with E-state index in [4.69, 9.17) is 0 Å². The Balaban J connectivity index is 1.73. The van der Waals surface area contributed by atoms with Gasteiger partial charge in [-0.15, -0.1) is 0 Å². The lowest BCUT2D eigenvalue weighted by Gasteiger charge is -2.29. The summed E-state index contributed by atoms with van der Waals surface area (Å²) >= 11 is 3.46. The molecule has 0 aromatic heterocycles. The minimum Gasteiger partial charge on any atom is -0.316 e. The summed E-state index contributed by atoms with van der Waals surface area (Å²) in [4.78, 5) is 2.40. The van der Waals surface area contributed by atoms with Crippen molar-refractivity contribution in [3.8, 4) is 0 Å². The monoisotopic (exact) mass is 282 g/mol. The molecule has 1 heterocycles. The highest BCUT2D eigenvalue weighted by Gasteiger charge is 2.16. The van der Waals surface area contributed by atoms with Gasteiger partial charge in [-0.25, -0.2) is 0 Å². The number of nitrogens with one attached hydrogen (secondary N) is 1. The molecule has 0 spiro atoms. The van der Waals surface area contributed by atoms with Crippen molar-refractivity contribution in [3.63, 3.8) is 0 Å². The van der Waals surface area contributed by atoms with Gasteiger partial charge in [0.15, 0.2) is 0 Å². The molecule has 1 aliphatic rings. The van der Waals surface area contributed by atoms with E-state index in [0.717, 1.165) is 16.9 Å². The van der Waals surface area contributed by atoms with Crippen molar-refractivity contribution in [2.45, 2.75) is 13.0 Å². The molecule has 2 nitrogen and oxygen atoms in total. The van der Waals surface area contributed by atoms with Gasteiger partial charge >= 0.3 is 0 Å². The maximum atomic E-state index is 3.46. The summed E-state index contributed by atoms with van der Waals surface area (Å²) < 4.78 is 1.15. The van der Waals surface area contributed by atoms with E-state index < -0.39 is 0 Å². The topological polar surface area (TPSA) is 15.3 Å². The van der Waals surface area contributed by atoms with Gasteiger partial charge in [-0.05, 0) is 56.7 Å². The first-order valence-electron chi connectivity index (χ1n) is 5.88. The van der Waals surface area contributed by atoms with Gasteiger partial charge < -0.3 is 10.2 Å². The van der Waals surface area contributed by atoms with Gasteiger partial charge in [0, 0.05) is 11.0 Å². The van der Waals surface area contributed by atoms with Gasteiger partial charge in [0.25, 0.3) is 0 Å². The van der Waals surface area contributed by atoms with E-state index in [9.17, 15) is 0 Å². The Morgan fingerprint density at radius 1 is 1.31 bits per heavy atom. The fourth-order valence-electron chi connectivity index (χ4n) is 1.94. The maximum absolute atomic E-state index is 3.46. The first-order valence-corrected chi connectivity index (χ1v) is 6.67. The zero-order chi connectivity index (χ0) is 11.4. The van der Waals surface area contributed by atoms with Crippen LogP contribution < -0.4 is 5.32 Å². The maximum Gasteiger partial charge on any atom is 0.0230 e. The largest absolute Gasteiger partial charge is 0.316 e. The molecule has 1 aromatic carbocycles. The van der Waals surface area contributed by atoms with Crippen LogP contribution in [0.3, 0.4) is 0 Å². The van der Waals surface area contributed by atoms with Crippen LogP contribution in [0.5, 0.6) is 0 Å². The number of hydrogen-bond donors (Lipinski definition) is 1. The Labute approximate surface area is 106 Å². The van der Waals surface area contributed by atoms with Crippen molar-refractivity contribution in [2.24, 2.45) is 5.92 Å². The molecule has 0 bridgehead atoms. The third-order valence-electron chi connectivity index (χ3n) is 3.15. The van der Waals surface area contributed by atoms with E-state index >= 15 is 0 Å². The van der Waals surface area contributed by atoms with Gasteiger partial charge in [0.2, 0.25) is 0 Å². The average Bonchev–Trinajstić information content (AvgIpc) is 2.19. The second kappa shape index (κ2) is 5.80. The molecular formula is C13H19BrN2. The molecule has 1 saturated heterocycles. The summed E-state index contributed by atoms with van der Waals surface area (Å²) in [7, 11) is 2.20. The molecule has 1 N–H and O–H groups in total. The van der Waals surface area contributed by atoms with E-state index in [1.165, 1.54) is 31.6 Å². The highest BCUT2D eigenvalue weighted by molar-refractivity contribution is 9.10. The Kier molecular flexibility index (Phi) is 4.38. The van der Waals surface area contributed by atoms with Crippen molar-refractivity contribution in [1.82, 2.24) is 10.2 Å². The van der Waals surface area contributed by atoms with Crippen LogP contribution in [0.25, 0.3) is 0 Å². The zero-order valence-corrected chi connectivity index (χ0v) is 11.3. The van der Waals surface area contributed by atoms with E-state index in [0.29, 0.717) is 0 Å². The Bertz CT molecular complexity index is 319. The van der Waals surface area contributed by atoms with E-state index in [1.54, 1.807) is 0 Å². The van der Waals surface area contributed by atoms with Crippen LogP contribution in [0.2, 0.25) is 0 Å². The molecule has 0 atom stereocenters. The number of rotatable bonds is 5. The Morgan fingerprint density at radius 3 is 2.56 bits per heavy atom. The SMILES string of the molecule is CN(CCC1CNC1)Cc1ccc(Br)cc1. The molecule has 0 saturated carbocycles. The molecule has 0 amide bonds. The third-order valence-corrected chi connectivity index (χ3v) is 3.68. The second-order valence-corrected chi connectivity index (χ2v) is 5.59.